The smallest absolute Gasteiger partial charge is 0.358 e. The van der Waals surface area contributed by atoms with E-state index in [1.807, 2.05) is 0 Å². The van der Waals surface area contributed by atoms with Crippen LogP contribution in [-0.2, 0) is 24.5 Å². The van der Waals surface area contributed by atoms with E-state index in [1.165, 1.54) is 12.4 Å². The number of carbonyl (C=O) groups excluding carboxylic acids is 1. The van der Waals surface area contributed by atoms with Crippen LogP contribution in [0.4, 0.5) is 0 Å². The predicted molar refractivity (Wildman–Crippen MR) is 72.6 cm³/mol. The summed E-state index contributed by atoms with van der Waals surface area (Å²) in [6.07, 6.45) is 2.68. The molecule has 0 aliphatic carbocycles. The molecule has 1 rings (SSSR count). The lowest BCUT2D eigenvalue weighted by atomic mass is 10.4. The molecule has 0 amide bonds. The molecule has 0 radical (unpaired) electrons. The number of ether oxygens (including phenoxy) is 1. The van der Waals surface area contributed by atoms with E-state index in [4.69, 9.17) is 13.8 Å². The molecule has 0 bridgehead atoms. The van der Waals surface area contributed by atoms with Crippen LogP contribution in [0, 0.1) is 0 Å². The van der Waals surface area contributed by atoms with Crippen molar-refractivity contribution < 1.29 is 23.1 Å². The monoisotopic (exact) mass is 302 g/mol. The van der Waals surface area contributed by atoms with Gasteiger partial charge in [0.15, 0.2) is 5.69 Å². The summed E-state index contributed by atoms with van der Waals surface area (Å²) in [4.78, 5) is 19.4. The number of nitrogens with zero attached hydrogens (tertiary/aromatic N) is 2. The third-order valence-electron chi connectivity index (χ3n) is 2.20. The highest BCUT2D eigenvalue weighted by atomic mass is 31.2. The van der Waals surface area contributed by atoms with Crippen molar-refractivity contribution in [2.75, 3.05) is 19.8 Å². The van der Waals surface area contributed by atoms with Crippen molar-refractivity contribution >= 4 is 13.6 Å². The molecule has 1 heterocycles. The van der Waals surface area contributed by atoms with Gasteiger partial charge in [-0.2, -0.15) is 0 Å². The van der Waals surface area contributed by atoms with Crippen molar-refractivity contribution in [1.82, 2.24) is 9.97 Å². The summed E-state index contributed by atoms with van der Waals surface area (Å²) in [5, 5.41) is 0. The van der Waals surface area contributed by atoms with Gasteiger partial charge in [0.25, 0.3) is 0 Å². The predicted octanol–water partition coefficient (Wildman–Crippen LogP) is 2.42. The van der Waals surface area contributed by atoms with Gasteiger partial charge in [0.05, 0.1) is 44.1 Å². The van der Waals surface area contributed by atoms with Crippen LogP contribution in [-0.4, -0.2) is 35.8 Å². The molecule has 0 atom stereocenters. The summed E-state index contributed by atoms with van der Waals surface area (Å²) in [5.74, 6) is -0.538. The second-order valence-electron chi connectivity index (χ2n) is 3.72. The number of aromatic nitrogens is 2. The molecule has 0 N–H and O–H groups in total. The maximum atomic E-state index is 12.3. The van der Waals surface area contributed by atoms with Gasteiger partial charge in [-0.3, -0.25) is 9.55 Å². The van der Waals surface area contributed by atoms with Gasteiger partial charge in [0, 0.05) is 0 Å². The summed E-state index contributed by atoms with van der Waals surface area (Å²) < 4.78 is 27.4. The van der Waals surface area contributed by atoms with E-state index >= 15 is 0 Å². The van der Waals surface area contributed by atoms with Crippen LogP contribution in [0.1, 0.15) is 37.0 Å². The second kappa shape index (κ2) is 8.09. The molecular formula is C12H19N2O5P. The molecule has 0 aliphatic rings. The van der Waals surface area contributed by atoms with Gasteiger partial charge < -0.3 is 13.8 Å². The molecule has 0 unspecified atom stereocenters. The molecule has 0 aliphatic heterocycles. The highest BCUT2D eigenvalue weighted by Crippen LogP contribution is 2.50. The van der Waals surface area contributed by atoms with Crippen molar-refractivity contribution in [3.8, 4) is 0 Å². The third kappa shape index (κ3) is 5.00. The van der Waals surface area contributed by atoms with Crippen molar-refractivity contribution in [2.45, 2.75) is 26.9 Å². The summed E-state index contributed by atoms with van der Waals surface area (Å²) in [5.41, 5.74) is 0.543. The molecule has 112 valence electrons. The minimum absolute atomic E-state index is 0.0186. The maximum absolute atomic E-state index is 12.3. The van der Waals surface area contributed by atoms with Gasteiger partial charge in [0.2, 0.25) is 0 Å². The number of hydrogen-bond acceptors (Lipinski definition) is 7. The zero-order chi connectivity index (χ0) is 15.0. The zero-order valence-corrected chi connectivity index (χ0v) is 12.8. The molecular weight excluding hydrogens is 283 g/mol. The largest absolute Gasteiger partial charge is 0.461 e. The Morgan fingerprint density at radius 1 is 1.10 bits per heavy atom. The molecule has 1 aromatic rings. The van der Waals surface area contributed by atoms with Crippen molar-refractivity contribution in [3.63, 3.8) is 0 Å². The number of hydrogen-bond donors (Lipinski definition) is 0. The maximum Gasteiger partial charge on any atom is 0.358 e. The van der Waals surface area contributed by atoms with Crippen molar-refractivity contribution in [3.05, 3.63) is 23.8 Å². The van der Waals surface area contributed by atoms with E-state index in [-0.39, 0.29) is 31.7 Å². The molecule has 8 heteroatoms. The Hall–Kier alpha value is -1.30. The minimum atomic E-state index is -3.21. The Kier molecular flexibility index (Phi) is 6.78. The molecule has 7 nitrogen and oxygen atoms in total. The molecule has 0 aromatic carbocycles. The van der Waals surface area contributed by atoms with E-state index in [0.717, 1.165) is 0 Å². The van der Waals surface area contributed by atoms with Crippen LogP contribution >= 0.6 is 7.60 Å². The van der Waals surface area contributed by atoms with Crippen LogP contribution in [0.25, 0.3) is 0 Å². The lowest BCUT2D eigenvalue weighted by Crippen LogP contribution is -2.08. The summed E-state index contributed by atoms with van der Waals surface area (Å²) in [6.45, 7) is 6.02. The first-order valence-electron chi connectivity index (χ1n) is 6.40. The average molecular weight is 302 g/mol. The quantitative estimate of drug-likeness (QED) is 0.538. The van der Waals surface area contributed by atoms with Crippen molar-refractivity contribution in [2.24, 2.45) is 0 Å². The molecule has 1 aromatic heterocycles. The topological polar surface area (TPSA) is 87.6 Å². The van der Waals surface area contributed by atoms with E-state index in [1.54, 1.807) is 20.8 Å². The first-order chi connectivity index (χ1) is 9.54. The van der Waals surface area contributed by atoms with E-state index in [0.29, 0.717) is 5.69 Å². The molecule has 0 spiro atoms. The fourth-order valence-electron chi connectivity index (χ4n) is 1.47. The first-order valence-corrected chi connectivity index (χ1v) is 8.13. The molecule has 0 saturated heterocycles. The SMILES string of the molecule is CCOC(=O)c1cnc(CP(=O)(OCC)OCC)cn1. The van der Waals surface area contributed by atoms with E-state index < -0.39 is 13.6 Å². The van der Waals surface area contributed by atoms with Crippen LogP contribution < -0.4 is 0 Å². The fraction of sp³-hybridized carbons (Fsp3) is 0.583. The highest BCUT2D eigenvalue weighted by molar-refractivity contribution is 7.53. The summed E-state index contributed by atoms with van der Waals surface area (Å²) in [6, 6.07) is 0. The Balaban J connectivity index is 2.77. The average Bonchev–Trinajstić information content (AvgIpc) is 2.40. The van der Waals surface area contributed by atoms with Crippen LogP contribution in [0.5, 0.6) is 0 Å². The zero-order valence-electron chi connectivity index (χ0n) is 11.9. The molecule has 0 fully saturated rings. The normalized spacial score (nSPS) is 11.3. The first kappa shape index (κ1) is 16.8. The third-order valence-corrected chi connectivity index (χ3v) is 4.21. The lowest BCUT2D eigenvalue weighted by Gasteiger charge is -2.16. The van der Waals surface area contributed by atoms with Gasteiger partial charge in [-0.15, -0.1) is 0 Å². The second-order valence-corrected chi connectivity index (χ2v) is 5.77. The van der Waals surface area contributed by atoms with Gasteiger partial charge in [0.1, 0.15) is 0 Å². The van der Waals surface area contributed by atoms with Gasteiger partial charge in [-0.25, -0.2) is 9.78 Å². The van der Waals surface area contributed by atoms with Gasteiger partial charge >= 0.3 is 13.6 Å². The minimum Gasteiger partial charge on any atom is -0.461 e. The molecule has 20 heavy (non-hydrogen) atoms. The number of rotatable bonds is 8. The lowest BCUT2D eigenvalue weighted by molar-refractivity contribution is 0.0519. The molecule has 0 saturated carbocycles. The van der Waals surface area contributed by atoms with Crippen LogP contribution in [0.15, 0.2) is 12.4 Å². The van der Waals surface area contributed by atoms with E-state index in [2.05, 4.69) is 9.97 Å². The summed E-state index contributed by atoms with van der Waals surface area (Å²) in [7, 11) is -3.21. The van der Waals surface area contributed by atoms with Gasteiger partial charge in [-0.1, -0.05) is 0 Å². The number of esters is 1. The van der Waals surface area contributed by atoms with Crippen LogP contribution in [0.3, 0.4) is 0 Å². The van der Waals surface area contributed by atoms with E-state index in [9.17, 15) is 9.36 Å². The van der Waals surface area contributed by atoms with Crippen molar-refractivity contribution in [1.29, 1.82) is 0 Å². The Morgan fingerprint density at radius 2 is 1.75 bits per heavy atom. The highest BCUT2D eigenvalue weighted by Gasteiger charge is 2.25. The Morgan fingerprint density at radius 3 is 2.20 bits per heavy atom. The fourth-order valence-corrected chi connectivity index (χ4v) is 3.07. The number of carbonyl (C=O) groups is 1. The Labute approximate surface area is 118 Å². The van der Waals surface area contributed by atoms with Gasteiger partial charge in [-0.05, 0) is 20.8 Å². The standard InChI is InChI=1S/C12H19N2O5P/c1-4-17-12(15)11-8-13-10(7-14-11)9-20(16,18-5-2)19-6-3/h7-8H,4-6,9H2,1-3H3. The summed E-state index contributed by atoms with van der Waals surface area (Å²) >= 11 is 0. The van der Waals surface area contributed by atoms with Crippen LogP contribution in [0.2, 0.25) is 0 Å². The Bertz CT molecular complexity index is 467.